The lowest BCUT2D eigenvalue weighted by atomic mass is 10.0. The monoisotopic (exact) mass is 302 g/mol. The summed E-state index contributed by atoms with van der Waals surface area (Å²) < 4.78 is 2.09. The average molecular weight is 302 g/mol. The first-order valence-corrected chi connectivity index (χ1v) is 7.94. The van der Waals surface area contributed by atoms with E-state index < -0.39 is 0 Å². The van der Waals surface area contributed by atoms with Crippen molar-refractivity contribution in [3.8, 4) is 5.00 Å². The molecule has 3 N–H and O–H groups in total. The van der Waals surface area contributed by atoms with Crippen molar-refractivity contribution in [2.24, 2.45) is 10.9 Å². The van der Waals surface area contributed by atoms with E-state index in [1.165, 1.54) is 0 Å². The van der Waals surface area contributed by atoms with Gasteiger partial charge in [-0.05, 0) is 30.0 Å². The lowest BCUT2D eigenvalue weighted by Gasteiger charge is -2.18. The molecule has 6 heteroatoms. The molecular weight excluding hydrogens is 284 g/mol. The quantitative estimate of drug-likeness (QED) is 0.518. The molecule has 1 aliphatic heterocycles. The molecule has 3 rings (SSSR count). The summed E-state index contributed by atoms with van der Waals surface area (Å²) in [7, 11) is 0. The number of rotatable bonds is 4. The van der Waals surface area contributed by atoms with Gasteiger partial charge in [-0.3, -0.25) is 4.79 Å². The maximum absolute atomic E-state index is 12.4. The number of thiophene rings is 1. The van der Waals surface area contributed by atoms with Gasteiger partial charge in [0.25, 0.3) is 5.91 Å². The highest BCUT2D eigenvalue weighted by Gasteiger charge is 2.27. The number of nitrogens with one attached hydrogen (secondary N) is 1. The van der Waals surface area contributed by atoms with Crippen molar-refractivity contribution in [3.63, 3.8) is 0 Å². The molecule has 0 aromatic carbocycles. The van der Waals surface area contributed by atoms with Crippen LogP contribution in [0.3, 0.4) is 0 Å². The van der Waals surface area contributed by atoms with Crippen LogP contribution in [0.2, 0.25) is 0 Å². The van der Waals surface area contributed by atoms with Crippen LogP contribution < -0.4 is 11.2 Å². The van der Waals surface area contributed by atoms with Crippen LogP contribution in [0, 0.1) is 0 Å². The number of aromatic nitrogens is 1. The molecule has 0 fully saturated rings. The van der Waals surface area contributed by atoms with Crippen LogP contribution in [0.25, 0.3) is 5.00 Å². The van der Waals surface area contributed by atoms with Crippen LogP contribution in [0.15, 0.2) is 34.9 Å². The van der Waals surface area contributed by atoms with Crippen LogP contribution in [0.5, 0.6) is 0 Å². The van der Waals surface area contributed by atoms with Crippen LogP contribution in [-0.4, -0.2) is 16.2 Å². The van der Waals surface area contributed by atoms with Crippen molar-refractivity contribution in [3.05, 3.63) is 41.0 Å². The molecule has 0 bridgehead atoms. The summed E-state index contributed by atoms with van der Waals surface area (Å²) in [5, 5.41) is 9.89. The molecule has 3 heterocycles. The van der Waals surface area contributed by atoms with Gasteiger partial charge in [-0.1, -0.05) is 13.3 Å². The molecule has 0 saturated carbocycles. The van der Waals surface area contributed by atoms with Crippen molar-refractivity contribution < 1.29 is 4.79 Å². The number of carbonyl (C=O) groups is 1. The van der Waals surface area contributed by atoms with Crippen LogP contribution in [-0.2, 0) is 0 Å². The molecule has 5 nitrogen and oxygen atoms in total. The number of fused-ring (bicyclic) bond motifs is 3. The molecule has 21 heavy (non-hydrogen) atoms. The smallest absolute Gasteiger partial charge is 0.254 e. The predicted octanol–water partition coefficient (Wildman–Crippen LogP) is 2.83. The number of hydrogen-bond acceptors (Lipinski definition) is 4. The lowest BCUT2D eigenvalue weighted by Crippen LogP contribution is -2.29. The van der Waals surface area contributed by atoms with E-state index in [4.69, 9.17) is 5.84 Å². The Morgan fingerprint density at radius 1 is 1.52 bits per heavy atom. The molecule has 2 aromatic rings. The lowest BCUT2D eigenvalue weighted by molar-refractivity contribution is 0.0940. The van der Waals surface area contributed by atoms with E-state index in [0.29, 0.717) is 6.42 Å². The molecule has 0 radical (unpaired) electrons. The molecule has 1 aliphatic rings. The minimum atomic E-state index is -0.0963. The first-order chi connectivity index (χ1) is 10.2. The molecule has 1 unspecified atom stereocenters. The van der Waals surface area contributed by atoms with Crippen LogP contribution in [0.1, 0.15) is 48.3 Å². The van der Waals surface area contributed by atoms with E-state index in [-0.39, 0.29) is 11.9 Å². The third-order valence-electron chi connectivity index (χ3n) is 3.71. The van der Waals surface area contributed by atoms with Gasteiger partial charge in [0.05, 0.1) is 11.6 Å². The van der Waals surface area contributed by atoms with Gasteiger partial charge in [-0.15, -0.1) is 11.3 Å². The van der Waals surface area contributed by atoms with Gasteiger partial charge in [0.15, 0.2) is 0 Å². The van der Waals surface area contributed by atoms with Gasteiger partial charge < -0.3 is 15.7 Å². The molecule has 110 valence electrons. The summed E-state index contributed by atoms with van der Waals surface area (Å²) in [6, 6.07) is 5.81. The summed E-state index contributed by atoms with van der Waals surface area (Å²) in [6.07, 6.45) is 4.49. The van der Waals surface area contributed by atoms with E-state index in [9.17, 15) is 4.79 Å². The van der Waals surface area contributed by atoms with Crippen LogP contribution >= 0.6 is 11.3 Å². The Kier molecular flexibility index (Phi) is 3.79. The van der Waals surface area contributed by atoms with Gasteiger partial charge >= 0.3 is 0 Å². The van der Waals surface area contributed by atoms with Gasteiger partial charge in [0, 0.05) is 24.0 Å². The van der Waals surface area contributed by atoms with Gasteiger partial charge in [-0.25, -0.2) is 0 Å². The maximum atomic E-state index is 12.4. The number of carbonyl (C=O) groups excluding carboxylic acids is 1. The Labute approximate surface area is 127 Å². The van der Waals surface area contributed by atoms with Gasteiger partial charge in [0.1, 0.15) is 5.00 Å². The fourth-order valence-electron chi connectivity index (χ4n) is 2.73. The zero-order valence-corrected chi connectivity index (χ0v) is 12.7. The summed E-state index contributed by atoms with van der Waals surface area (Å²) in [6.45, 7) is 2.09. The maximum Gasteiger partial charge on any atom is 0.254 e. The Morgan fingerprint density at radius 3 is 3.14 bits per heavy atom. The number of amides is 1. The second-order valence-corrected chi connectivity index (χ2v) is 6.01. The summed E-state index contributed by atoms with van der Waals surface area (Å²) in [4.78, 5) is 12.4. The highest BCUT2D eigenvalue weighted by molar-refractivity contribution is 7.13. The number of nitrogens with two attached hydrogens (primary N) is 1. The Hall–Kier alpha value is -2.08. The normalized spacial score (nSPS) is 17.9. The van der Waals surface area contributed by atoms with Crippen molar-refractivity contribution in [2.75, 3.05) is 0 Å². The van der Waals surface area contributed by atoms with Crippen molar-refractivity contribution in [2.45, 2.75) is 32.2 Å². The van der Waals surface area contributed by atoms with E-state index in [2.05, 4.69) is 21.9 Å². The zero-order valence-electron chi connectivity index (χ0n) is 11.9. The van der Waals surface area contributed by atoms with E-state index >= 15 is 0 Å². The molecule has 0 saturated heterocycles. The van der Waals surface area contributed by atoms with E-state index in [1.54, 1.807) is 11.3 Å². The second-order valence-electron chi connectivity index (χ2n) is 5.12. The third-order valence-corrected chi connectivity index (χ3v) is 4.62. The Morgan fingerprint density at radius 2 is 2.38 bits per heavy atom. The van der Waals surface area contributed by atoms with E-state index in [0.717, 1.165) is 34.8 Å². The SMILES string of the molecule is CCCC(CC1NC(=O)c2ccsc2-n2cccc21)=NN. The van der Waals surface area contributed by atoms with Gasteiger partial charge in [-0.2, -0.15) is 5.10 Å². The molecule has 0 spiro atoms. The summed E-state index contributed by atoms with van der Waals surface area (Å²) in [5.74, 6) is 5.45. The molecule has 1 atom stereocenters. The highest BCUT2D eigenvalue weighted by Crippen LogP contribution is 2.31. The molecule has 0 aliphatic carbocycles. The zero-order chi connectivity index (χ0) is 14.8. The van der Waals surface area contributed by atoms with E-state index in [1.807, 2.05) is 29.8 Å². The van der Waals surface area contributed by atoms with Gasteiger partial charge in [0.2, 0.25) is 0 Å². The second kappa shape index (κ2) is 5.73. The minimum absolute atomic E-state index is 0.0344. The molecule has 1 amide bonds. The standard InChI is InChI=1S/C15H18N4OS/c1-2-4-10(18-16)9-12-13-5-3-7-19(13)15-11(6-8-21-15)14(20)17-12/h3,5-8,12H,2,4,9,16H2,1H3,(H,17,20). The van der Waals surface area contributed by atoms with Crippen LogP contribution in [0.4, 0.5) is 0 Å². The van der Waals surface area contributed by atoms with Crippen molar-refractivity contribution in [1.82, 2.24) is 9.88 Å². The molecular formula is C15H18N4OS. The first kappa shape index (κ1) is 13.9. The average Bonchev–Trinajstić information content (AvgIpc) is 3.11. The third kappa shape index (κ3) is 2.47. The first-order valence-electron chi connectivity index (χ1n) is 7.06. The number of hydrazone groups is 1. The topological polar surface area (TPSA) is 72.4 Å². The Bertz CT molecular complexity index is 685. The Balaban J connectivity index is 1.98. The fourth-order valence-corrected chi connectivity index (χ4v) is 3.63. The largest absolute Gasteiger partial charge is 0.343 e. The highest BCUT2D eigenvalue weighted by atomic mass is 32.1. The summed E-state index contributed by atoms with van der Waals surface area (Å²) >= 11 is 1.57. The number of nitrogens with zero attached hydrogens (tertiary/aromatic N) is 2. The molecule has 2 aromatic heterocycles. The summed E-state index contributed by atoms with van der Waals surface area (Å²) in [5.41, 5.74) is 2.73. The van der Waals surface area contributed by atoms with Crippen molar-refractivity contribution in [1.29, 1.82) is 0 Å². The minimum Gasteiger partial charge on any atom is -0.343 e. The van der Waals surface area contributed by atoms with Crippen molar-refractivity contribution >= 4 is 23.0 Å². The number of hydrogen-bond donors (Lipinski definition) is 2. The predicted molar refractivity (Wildman–Crippen MR) is 85.0 cm³/mol. The fraction of sp³-hybridized carbons (Fsp3) is 0.333.